The summed E-state index contributed by atoms with van der Waals surface area (Å²) in [7, 11) is 1.80. The number of hydrogen-bond acceptors (Lipinski definition) is 8. The highest BCUT2D eigenvalue weighted by Crippen LogP contribution is 2.65. The first-order valence-corrected chi connectivity index (χ1v) is 15.1. The summed E-state index contributed by atoms with van der Waals surface area (Å²) in [4.78, 5) is 20.1. The van der Waals surface area contributed by atoms with Crippen LogP contribution in [0.2, 0.25) is 0 Å². The van der Waals surface area contributed by atoms with Crippen LogP contribution < -0.4 is 4.62 Å². The molecule has 2 fully saturated rings. The van der Waals surface area contributed by atoms with Crippen molar-refractivity contribution in [2.24, 2.45) is 4.99 Å². The summed E-state index contributed by atoms with van der Waals surface area (Å²) in [5, 5.41) is 0.693. The van der Waals surface area contributed by atoms with E-state index in [1.807, 2.05) is 44.1 Å². The standard InChI is InChI=1S/C25H36N4O4PS/c1-5-33-24(30)22-21(20-9-7-6-8-10-20)25(35-23(22)26-19-27(2)3)34(4,28-11-15-31-16-12-28)29-13-17-32-18-14-29/h6-10,19H,5,11-18H2,1-4H3/q+1. The Balaban J connectivity index is 1.98. The number of esters is 1. The number of hydrogen-bond donors (Lipinski definition) is 0. The third kappa shape index (κ3) is 5.61. The van der Waals surface area contributed by atoms with E-state index in [1.165, 1.54) is 4.62 Å². The Hall–Kier alpha value is -1.87. The average molecular weight is 520 g/mol. The van der Waals surface area contributed by atoms with Crippen molar-refractivity contribution in [3.05, 3.63) is 35.9 Å². The summed E-state index contributed by atoms with van der Waals surface area (Å²) in [5.41, 5.74) is 2.53. The highest BCUT2D eigenvalue weighted by molar-refractivity contribution is 7.83. The SMILES string of the molecule is CCOC(=O)c1c(N=CN(C)C)sc([P+](C)(N2CCOCC2)N2CCOCC2)c1-c1ccccc1. The minimum atomic E-state index is -2.06. The molecule has 10 heteroatoms. The zero-order valence-electron chi connectivity index (χ0n) is 21.1. The number of morpholine rings is 2. The van der Waals surface area contributed by atoms with Gasteiger partial charge in [-0.3, -0.25) is 0 Å². The maximum atomic E-state index is 13.4. The van der Waals surface area contributed by atoms with Crippen molar-refractivity contribution in [3.63, 3.8) is 0 Å². The Morgan fingerprint density at radius 3 is 2.17 bits per heavy atom. The van der Waals surface area contributed by atoms with Gasteiger partial charge in [-0.15, -0.1) is 0 Å². The predicted molar refractivity (Wildman–Crippen MR) is 145 cm³/mol. The number of rotatable bonds is 8. The second-order valence-corrected chi connectivity index (χ2v) is 13.5. The van der Waals surface area contributed by atoms with Crippen molar-refractivity contribution >= 4 is 40.8 Å². The van der Waals surface area contributed by atoms with Crippen molar-refractivity contribution in [1.29, 1.82) is 0 Å². The lowest BCUT2D eigenvalue weighted by atomic mass is 10.0. The van der Waals surface area contributed by atoms with Gasteiger partial charge in [0.25, 0.3) is 0 Å². The molecule has 0 bridgehead atoms. The molecular weight excluding hydrogens is 483 g/mol. The van der Waals surface area contributed by atoms with E-state index in [9.17, 15) is 4.79 Å². The highest BCUT2D eigenvalue weighted by Gasteiger charge is 2.53. The number of thiophene rings is 1. The number of carbonyl (C=O) groups excluding carboxylic acids is 1. The minimum absolute atomic E-state index is 0.314. The van der Waals surface area contributed by atoms with E-state index >= 15 is 0 Å². The van der Waals surface area contributed by atoms with Crippen LogP contribution in [0.5, 0.6) is 0 Å². The number of nitrogens with zero attached hydrogens (tertiary/aromatic N) is 4. The smallest absolute Gasteiger partial charge is 0.342 e. The molecule has 0 atom stereocenters. The molecule has 2 aliphatic heterocycles. The van der Waals surface area contributed by atoms with E-state index in [0.717, 1.165) is 37.3 Å². The summed E-state index contributed by atoms with van der Waals surface area (Å²) in [6.45, 7) is 10.8. The van der Waals surface area contributed by atoms with E-state index in [2.05, 4.69) is 28.1 Å². The summed E-state index contributed by atoms with van der Waals surface area (Å²) in [6.07, 6.45) is 1.76. The molecule has 2 saturated heterocycles. The van der Waals surface area contributed by atoms with Crippen LogP contribution >= 0.6 is 18.9 Å². The lowest BCUT2D eigenvalue weighted by Gasteiger charge is -2.43. The number of carbonyl (C=O) groups is 1. The van der Waals surface area contributed by atoms with Crippen LogP contribution in [0.3, 0.4) is 0 Å². The minimum Gasteiger partial charge on any atom is -0.462 e. The van der Waals surface area contributed by atoms with Crippen LogP contribution in [-0.2, 0) is 14.2 Å². The second kappa shape index (κ2) is 11.9. The molecule has 0 amide bonds. The normalized spacial score (nSPS) is 18.2. The van der Waals surface area contributed by atoms with Gasteiger partial charge in [-0.25, -0.2) is 9.79 Å². The fourth-order valence-corrected chi connectivity index (χ4v) is 10.5. The first-order chi connectivity index (χ1) is 17.0. The summed E-state index contributed by atoms with van der Waals surface area (Å²) >= 11 is 1.63. The average Bonchev–Trinajstić information content (AvgIpc) is 3.29. The quantitative estimate of drug-likeness (QED) is 0.229. The lowest BCUT2D eigenvalue weighted by Crippen LogP contribution is -2.48. The van der Waals surface area contributed by atoms with Gasteiger partial charge >= 0.3 is 5.97 Å². The Morgan fingerprint density at radius 1 is 1.09 bits per heavy atom. The fourth-order valence-electron chi connectivity index (χ4n) is 4.55. The Bertz CT molecular complexity index is 1000. The molecule has 8 nitrogen and oxygen atoms in total. The van der Waals surface area contributed by atoms with Gasteiger partial charge in [-0.2, -0.15) is 9.34 Å². The van der Waals surface area contributed by atoms with Gasteiger partial charge in [-0.1, -0.05) is 41.7 Å². The first kappa shape index (κ1) is 26.2. The van der Waals surface area contributed by atoms with E-state index in [4.69, 9.17) is 19.2 Å². The summed E-state index contributed by atoms with van der Waals surface area (Å²) in [6, 6.07) is 10.2. The van der Waals surface area contributed by atoms with Gasteiger partial charge in [0, 0.05) is 14.1 Å². The predicted octanol–water partition coefficient (Wildman–Crippen LogP) is 3.58. The van der Waals surface area contributed by atoms with Gasteiger partial charge in [0.05, 0.1) is 77.8 Å². The van der Waals surface area contributed by atoms with E-state index in [-0.39, 0.29) is 5.97 Å². The van der Waals surface area contributed by atoms with Crippen LogP contribution in [0, 0.1) is 0 Å². The zero-order chi connectivity index (χ0) is 24.8. The summed E-state index contributed by atoms with van der Waals surface area (Å²) < 4.78 is 23.4. The van der Waals surface area contributed by atoms with Crippen LogP contribution in [0.4, 0.5) is 5.00 Å². The third-order valence-corrected chi connectivity index (χ3v) is 12.5. The third-order valence-electron chi connectivity index (χ3n) is 6.28. The van der Waals surface area contributed by atoms with Crippen molar-refractivity contribution < 1.29 is 19.0 Å². The molecule has 0 aliphatic carbocycles. The van der Waals surface area contributed by atoms with Gasteiger partial charge < -0.3 is 19.1 Å². The molecule has 0 unspecified atom stereocenters. The molecule has 2 aromatic rings. The molecule has 1 aromatic carbocycles. The van der Waals surface area contributed by atoms with Crippen LogP contribution in [-0.4, -0.2) is 107 Å². The molecule has 190 valence electrons. The van der Waals surface area contributed by atoms with Crippen LogP contribution in [0.1, 0.15) is 17.3 Å². The molecule has 1 aromatic heterocycles. The van der Waals surface area contributed by atoms with Crippen LogP contribution in [0.25, 0.3) is 11.1 Å². The van der Waals surface area contributed by atoms with Gasteiger partial charge in [0.1, 0.15) is 10.6 Å². The number of benzene rings is 1. The molecular formula is C25H36N4O4PS+. The van der Waals surface area contributed by atoms with Gasteiger partial charge in [0.15, 0.2) is 12.2 Å². The van der Waals surface area contributed by atoms with Gasteiger partial charge in [0.2, 0.25) is 0 Å². The maximum absolute atomic E-state index is 13.4. The first-order valence-electron chi connectivity index (χ1n) is 12.1. The molecule has 35 heavy (non-hydrogen) atoms. The largest absolute Gasteiger partial charge is 0.462 e. The van der Waals surface area contributed by atoms with Gasteiger partial charge in [-0.05, 0) is 12.5 Å². The van der Waals surface area contributed by atoms with Crippen molar-refractivity contribution in [3.8, 4) is 11.1 Å². The molecule has 2 aliphatic rings. The monoisotopic (exact) mass is 519 g/mol. The lowest BCUT2D eigenvalue weighted by molar-refractivity contribution is 0.0528. The van der Waals surface area contributed by atoms with Crippen molar-refractivity contribution in [2.45, 2.75) is 6.92 Å². The Morgan fingerprint density at radius 2 is 1.66 bits per heavy atom. The maximum Gasteiger partial charge on any atom is 0.342 e. The van der Waals surface area contributed by atoms with E-state index in [0.29, 0.717) is 43.6 Å². The van der Waals surface area contributed by atoms with E-state index < -0.39 is 7.56 Å². The number of aliphatic imine (C=N–C) groups is 1. The number of ether oxygens (including phenoxy) is 3. The van der Waals surface area contributed by atoms with Crippen molar-refractivity contribution in [2.75, 3.05) is 80.0 Å². The highest BCUT2D eigenvalue weighted by atomic mass is 32.1. The second-order valence-electron chi connectivity index (χ2n) is 8.80. The zero-order valence-corrected chi connectivity index (χ0v) is 22.8. The molecule has 0 saturated carbocycles. The molecule has 0 spiro atoms. The Kier molecular flexibility index (Phi) is 8.92. The van der Waals surface area contributed by atoms with E-state index in [1.54, 1.807) is 17.7 Å². The topological polar surface area (TPSA) is 66.8 Å². The fraction of sp³-hybridized carbons (Fsp3) is 0.520. The molecule has 0 radical (unpaired) electrons. The molecule has 0 N–H and O–H groups in total. The van der Waals surface area contributed by atoms with Crippen LogP contribution in [0.15, 0.2) is 35.3 Å². The Labute approximate surface area is 212 Å². The van der Waals surface area contributed by atoms with Crippen molar-refractivity contribution in [1.82, 2.24) is 14.2 Å². The molecule has 3 heterocycles. The molecule has 4 rings (SSSR count). The summed E-state index contributed by atoms with van der Waals surface area (Å²) in [5.74, 6) is -0.324.